The van der Waals surface area contributed by atoms with Gasteiger partial charge in [-0.15, -0.1) is 0 Å². The molecule has 0 N–H and O–H groups in total. The van der Waals surface area contributed by atoms with Gasteiger partial charge in [0.25, 0.3) is 0 Å². The van der Waals surface area contributed by atoms with Gasteiger partial charge in [-0.1, -0.05) is 91.0 Å². The molecular formula is C26H22O2. The second kappa shape index (κ2) is 7.32. The smallest absolute Gasteiger partial charge is 0.160 e. The van der Waals surface area contributed by atoms with Crippen molar-refractivity contribution in [2.75, 3.05) is 0 Å². The van der Waals surface area contributed by atoms with E-state index in [1.165, 1.54) is 0 Å². The maximum atomic E-state index is 12.9. The molecule has 1 heterocycles. The van der Waals surface area contributed by atoms with Crippen LogP contribution in [0.2, 0.25) is 0 Å². The summed E-state index contributed by atoms with van der Waals surface area (Å²) in [6.07, 6.45) is 2.03. The molecule has 0 bridgehead atoms. The molecule has 1 aliphatic rings. The van der Waals surface area contributed by atoms with E-state index in [1.807, 2.05) is 84.9 Å². The molecule has 3 aromatic rings. The van der Waals surface area contributed by atoms with Crippen LogP contribution >= 0.6 is 0 Å². The molecular weight excluding hydrogens is 344 g/mol. The zero-order chi connectivity index (χ0) is 19.6. The maximum Gasteiger partial charge on any atom is 0.160 e. The van der Waals surface area contributed by atoms with Gasteiger partial charge < -0.3 is 4.74 Å². The van der Waals surface area contributed by atoms with Crippen molar-refractivity contribution < 1.29 is 9.53 Å². The molecule has 1 aliphatic heterocycles. The van der Waals surface area contributed by atoms with E-state index in [9.17, 15) is 4.79 Å². The minimum Gasteiger partial charge on any atom is -0.459 e. The molecule has 0 aromatic heterocycles. The highest BCUT2D eigenvalue weighted by molar-refractivity contribution is 6.05. The number of carbonyl (C=O) groups is 1. The molecule has 0 radical (unpaired) electrons. The van der Waals surface area contributed by atoms with Gasteiger partial charge in [0.2, 0.25) is 0 Å². The number of Topliss-reactive ketones (excluding diaryl/α,β-unsaturated/α-hetero) is 1. The second-order valence-corrected chi connectivity index (χ2v) is 7.14. The highest BCUT2D eigenvalue weighted by Crippen LogP contribution is 2.51. The van der Waals surface area contributed by atoms with Crippen molar-refractivity contribution in [3.05, 3.63) is 119 Å². The van der Waals surface area contributed by atoms with Crippen molar-refractivity contribution in [3.8, 4) is 0 Å². The van der Waals surface area contributed by atoms with E-state index in [0.717, 1.165) is 22.4 Å². The van der Waals surface area contributed by atoms with Crippen LogP contribution in [-0.2, 0) is 14.9 Å². The lowest BCUT2D eigenvalue weighted by atomic mass is 9.73. The summed E-state index contributed by atoms with van der Waals surface area (Å²) in [4.78, 5) is 12.9. The normalized spacial score (nSPS) is 20.3. The molecule has 0 saturated heterocycles. The van der Waals surface area contributed by atoms with Crippen molar-refractivity contribution in [1.29, 1.82) is 0 Å². The standard InChI is InChI=1S/C26H22O2/c1-19(27)24-25(21-14-8-4-9-15-21)28-23(18-20-12-6-3-7-13-20)26(24,2)22-16-10-5-11-17-22/h3-18H,1-2H3/b23-18-. The summed E-state index contributed by atoms with van der Waals surface area (Å²) in [7, 11) is 0. The van der Waals surface area contributed by atoms with Crippen LogP contribution < -0.4 is 0 Å². The van der Waals surface area contributed by atoms with E-state index < -0.39 is 5.41 Å². The predicted octanol–water partition coefficient (Wildman–Crippen LogP) is 6.02. The lowest BCUT2D eigenvalue weighted by Crippen LogP contribution is -2.27. The van der Waals surface area contributed by atoms with Crippen LogP contribution in [0.1, 0.15) is 30.5 Å². The van der Waals surface area contributed by atoms with Crippen molar-refractivity contribution in [3.63, 3.8) is 0 Å². The SMILES string of the molecule is CC(=O)C1=C(c2ccccc2)O/C(=C\c2ccccc2)C1(C)c1ccccc1. The Morgan fingerprint density at radius 2 is 1.36 bits per heavy atom. The summed E-state index contributed by atoms with van der Waals surface area (Å²) in [6, 6.07) is 30.0. The van der Waals surface area contributed by atoms with Crippen molar-refractivity contribution in [1.82, 2.24) is 0 Å². The highest BCUT2D eigenvalue weighted by atomic mass is 16.5. The number of allylic oxidation sites excluding steroid dienone is 1. The summed E-state index contributed by atoms with van der Waals surface area (Å²) >= 11 is 0. The molecule has 0 amide bonds. The van der Waals surface area contributed by atoms with Gasteiger partial charge in [0.15, 0.2) is 5.78 Å². The van der Waals surface area contributed by atoms with Gasteiger partial charge in [-0.2, -0.15) is 0 Å². The Kier molecular flexibility index (Phi) is 4.70. The second-order valence-electron chi connectivity index (χ2n) is 7.14. The van der Waals surface area contributed by atoms with Gasteiger partial charge in [0, 0.05) is 5.56 Å². The van der Waals surface area contributed by atoms with Crippen LogP contribution in [0.4, 0.5) is 0 Å². The van der Waals surface area contributed by atoms with Gasteiger partial charge in [-0.05, 0) is 31.1 Å². The Bertz CT molecular complexity index is 1050. The summed E-state index contributed by atoms with van der Waals surface area (Å²) in [5.41, 5.74) is 3.01. The first-order chi connectivity index (χ1) is 13.6. The number of rotatable bonds is 4. The molecule has 0 saturated carbocycles. The molecule has 28 heavy (non-hydrogen) atoms. The van der Waals surface area contributed by atoms with E-state index in [2.05, 4.69) is 19.1 Å². The maximum absolute atomic E-state index is 12.9. The number of ketones is 1. The van der Waals surface area contributed by atoms with E-state index in [0.29, 0.717) is 11.3 Å². The first kappa shape index (κ1) is 18.0. The van der Waals surface area contributed by atoms with Crippen LogP contribution in [0.25, 0.3) is 11.8 Å². The number of ether oxygens (including phenoxy) is 1. The molecule has 2 nitrogen and oxygen atoms in total. The van der Waals surface area contributed by atoms with E-state index in [-0.39, 0.29) is 5.78 Å². The Labute approximate surface area is 165 Å². The number of hydrogen-bond donors (Lipinski definition) is 0. The summed E-state index contributed by atoms with van der Waals surface area (Å²) < 4.78 is 6.42. The third kappa shape index (κ3) is 3.07. The largest absolute Gasteiger partial charge is 0.459 e. The number of benzene rings is 3. The van der Waals surface area contributed by atoms with Gasteiger partial charge >= 0.3 is 0 Å². The molecule has 0 aliphatic carbocycles. The fourth-order valence-electron chi connectivity index (χ4n) is 3.85. The molecule has 1 atom stereocenters. The van der Waals surface area contributed by atoms with Gasteiger partial charge in [-0.3, -0.25) is 4.79 Å². The Hall–Kier alpha value is -3.39. The minimum absolute atomic E-state index is 0.0154. The fourth-order valence-corrected chi connectivity index (χ4v) is 3.85. The molecule has 2 heteroatoms. The van der Waals surface area contributed by atoms with E-state index in [1.54, 1.807) is 6.92 Å². The predicted molar refractivity (Wildman–Crippen MR) is 113 cm³/mol. The van der Waals surface area contributed by atoms with Crippen molar-refractivity contribution in [2.24, 2.45) is 0 Å². The number of hydrogen-bond acceptors (Lipinski definition) is 2. The van der Waals surface area contributed by atoms with Crippen LogP contribution in [0.5, 0.6) is 0 Å². The molecule has 3 aromatic carbocycles. The molecule has 0 spiro atoms. The van der Waals surface area contributed by atoms with Gasteiger partial charge in [0.1, 0.15) is 11.5 Å². The zero-order valence-electron chi connectivity index (χ0n) is 16.1. The summed E-state index contributed by atoms with van der Waals surface area (Å²) in [5.74, 6) is 1.41. The Balaban J connectivity index is 1.97. The Morgan fingerprint density at radius 1 is 0.821 bits per heavy atom. The fraction of sp³-hybridized carbons (Fsp3) is 0.115. The number of carbonyl (C=O) groups excluding carboxylic acids is 1. The topological polar surface area (TPSA) is 26.3 Å². The van der Waals surface area contributed by atoms with E-state index >= 15 is 0 Å². The average Bonchev–Trinajstić information content (AvgIpc) is 3.04. The van der Waals surface area contributed by atoms with Crippen LogP contribution in [0.15, 0.2) is 102 Å². The third-order valence-corrected chi connectivity index (χ3v) is 5.27. The monoisotopic (exact) mass is 366 g/mol. The van der Waals surface area contributed by atoms with Crippen molar-refractivity contribution >= 4 is 17.6 Å². The van der Waals surface area contributed by atoms with Crippen LogP contribution in [0, 0.1) is 0 Å². The van der Waals surface area contributed by atoms with Gasteiger partial charge in [-0.25, -0.2) is 0 Å². The van der Waals surface area contributed by atoms with Gasteiger partial charge in [0.05, 0.1) is 11.0 Å². The average molecular weight is 366 g/mol. The summed E-state index contributed by atoms with van der Waals surface area (Å²) in [6.45, 7) is 3.69. The van der Waals surface area contributed by atoms with Crippen LogP contribution in [-0.4, -0.2) is 5.78 Å². The first-order valence-electron chi connectivity index (χ1n) is 9.42. The molecule has 0 fully saturated rings. The zero-order valence-corrected chi connectivity index (χ0v) is 16.1. The quantitative estimate of drug-likeness (QED) is 0.565. The highest BCUT2D eigenvalue weighted by Gasteiger charge is 2.47. The lowest BCUT2D eigenvalue weighted by molar-refractivity contribution is -0.114. The first-order valence-corrected chi connectivity index (χ1v) is 9.42. The molecule has 1 unspecified atom stereocenters. The Morgan fingerprint density at radius 3 is 1.93 bits per heavy atom. The summed E-state index contributed by atoms with van der Waals surface area (Å²) in [5, 5.41) is 0. The van der Waals surface area contributed by atoms with Crippen molar-refractivity contribution in [2.45, 2.75) is 19.3 Å². The third-order valence-electron chi connectivity index (χ3n) is 5.27. The van der Waals surface area contributed by atoms with Crippen LogP contribution in [0.3, 0.4) is 0 Å². The minimum atomic E-state index is -0.659. The van der Waals surface area contributed by atoms with E-state index in [4.69, 9.17) is 4.74 Å². The molecule has 138 valence electrons. The lowest BCUT2D eigenvalue weighted by Gasteiger charge is -2.27. The molecule has 4 rings (SSSR count).